The van der Waals surface area contributed by atoms with Gasteiger partial charge < -0.3 is 9.84 Å². The second-order valence-electron chi connectivity index (χ2n) is 2.41. The smallest absolute Gasteiger partial charge is 0.356 e. The maximum Gasteiger partial charge on any atom is 0.356 e. The highest BCUT2D eigenvalue weighted by molar-refractivity contribution is 6.41. The fourth-order valence-corrected chi connectivity index (χ4v) is 0.848. The van der Waals surface area contributed by atoms with Gasteiger partial charge in [0.15, 0.2) is 0 Å². The van der Waals surface area contributed by atoms with E-state index in [1.165, 1.54) is 31.4 Å². The minimum atomic E-state index is -0.689. The van der Waals surface area contributed by atoms with Gasteiger partial charge in [-0.05, 0) is 24.3 Å². The normalized spacial score (nSPS) is 9.31. The van der Waals surface area contributed by atoms with E-state index >= 15 is 0 Å². The molecular weight excluding hydrogens is 170 g/mol. The van der Waals surface area contributed by atoms with Crippen molar-refractivity contribution in [3.05, 3.63) is 29.8 Å². The Balaban J connectivity index is 2.90. The summed E-state index contributed by atoms with van der Waals surface area (Å²) in [7, 11) is 1.22. The molecule has 4 heteroatoms. The summed E-state index contributed by atoms with van der Waals surface area (Å²) in [6, 6.07) is 5.78. The van der Waals surface area contributed by atoms with Crippen molar-refractivity contribution in [1.82, 2.24) is 0 Å². The van der Waals surface area contributed by atoms with E-state index in [1.54, 1.807) is 0 Å². The van der Waals surface area contributed by atoms with E-state index in [2.05, 4.69) is 4.74 Å². The van der Waals surface area contributed by atoms with E-state index < -0.39 is 5.97 Å². The number of esters is 1. The van der Waals surface area contributed by atoms with E-state index in [4.69, 9.17) is 10.5 Å². The Labute approximate surface area is 75.3 Å². The number of rotatable bonds is 2. The van der Waals surface area contributed by atoms with Crippen molar-refractivity contribution in [2.75, 3.05) is 7.11 Å². The fraction of sp³-hybridized carbons (Fsp3) is 0.111. The molecule has 0 spiro atoms. The summed E-state index contributed by atoms with van der Waals surface area (Å²) in [6.45, 7) is 0. The number of benzene rings is 1. The van der Waals surface area contributed by atoms with Crippen LogP contribution in [0.15, 0.2) is 24.3 Å². The Morgan fingerprint density at radius 2 is 1.92 bits per heavy atom. The molecular formula is C9H9NO3. The highest BCUT2D eigenvalue weighted by atomic mass is 16.5. The lowest BCUT2D eigenvalue weighted by Crippen LogP contribution is -2.15. The number of carbonyl (C=O) groups excluding carboxylic acids is 1. The lowest BCUT2D eigenvalue weighted by molar-refractivity contribution is -0.132. The molecule has 1 rings (SSSR count). The molecule has 68 valence electrons. The summed E-state index contributed by atoms with van der Waals surface area (Å²) in [5.41, 5.74) is 0.201. The van der Waals surface area contributed by atoms with Crippen LogP contribution in [-0.4, -0.2) is 23.9 Å². The Kier molecular flexibility index (Phi) is 2.64. The molecule has 0 saturated carbocycles. The third-order valence-electron chi connectivity index (χ3n) is 1.55. The largest absolute Gasteiger partial charge is 0.508 e. The van der Waals surface area contributed by atoms with Gasteiger partial charge in [0.05, 0.1) is 7.11 Å². The first-order valence-corrected chi connectivity index (χ1v) is 3.61. The third kappa shape index (κ3) is 2.05. The molecule has 0 amide bonds. The average molecular weight is 179 g/mol. The van der Waals surface area contributed by atoms with Crippen molar-refractivity contribution < 1.29 is 14.6 Å². The van der Waals surface area contributed by atoms with Crippen molar-refractivity contribution in [3.8, 4) is 5.75 Å². The third-order valence-corrected chi connectivity index (χ3v) is 1.55. The molecule has 0 aliphatic carbocycles. The van der Waals surface area contributed by atoms with Crippen LogP contribution in [0, 0.1) is 5.41 Å². The highest BCUT2D eigenvalue weighted by Gasteiger charge is 2.10. The molecule has 0 saturated heterocycles. The highest BCUT2D eigenvalue weighted by Crippen LogP contribution is 2.10. The van der Waals surface area contributed by atoms with E-state index in [9.17, 15) is 4.79 Å². The van der Waals surface area contributed by atoms with Gasteiger partial charge in [0, 0.05) is 5.56 Å². The number of methoxy groups -OCH3 is 1. The number of phenolic OH excluding ortho intramolecular Hbond substituents is 1. The summed E-state index contributed by atoms with van der Waals surface area (Å²) < 4.78 is 4.37. The summed E-state index contributed by atoms with van der Waals surface area (Å²) in [5.74, 6) is -0.591. The zero-order valence-electron chi connectivity index (χ0n) is 7.07. The molecule has 0 fully saturated rings. The molecule has 4 nitrogen and oxygen atoms in total. The second kappa shape index (κ2) is 3.71. The van der Waals surface area contributed by atoms with Gasteiger partial charge in [-0.3, -0.25) is 5.41 Å². The summed E-state index contributed by atoms with van der Waals surface area (Å²) in [4.78, 5) is 10.9. The molecule has 13 heavy (non-hydrogen) atoms. The number of aromatic hydroxyl groups is 1. The molecule has 0 atom stereocenters. The van der Waals surface area contributed by atoms with Gasteiger partial charge in [-0.2, -0.15) is 0 Å². The zero-order chi connectivity index (χ0) is 9.84. The summed E-state index contributed by atoms with van der Waals surface area (Å²) in [6.07, 6.45) is 0. The predicted molar refractivity (Wildman–Crippen MR) is 47.0 cm³/mol. The molecule has 0 aliphatic rings. The van der Waals surface area contributed by atoms with Crippen LogP contribution in [0.2, 0.25) is 0 Å². The number of carbonyl (C=O) groups is 1. The fourth-order valence-electron chi connectivity index (χ4n) is 0.848. The van der Waals surface area contributed by atoms with Crippen LogP contribution in [0.4, 0.5) is 0 Å². The molecule has 1 aromatic rings. The van der Waals surface area contributed by atoms with Gasteiger partial charge in [-0.15, -0.1) is 0 Å². The topological polar surface area (TPSA) is 70.4 Å². The maximum atomic E-state index is 10.9. The van der Waals surface area contributed by atoms with Gasteiger partial charge in [-0.25, -0.2) is 4.79 Å². The van der Waals surface area contributed by atoms with Crippen LogP contribution in [-0.2, 0) is 9.53 Å². The first-order valence-electron chi connectivity index (χ1n) is 3.61. The van der Waals surface area contributed by atoms with Gasteiger partial charge in [0.1, 0.15) is 11.5 Å². The van der Waals surface area contributed by atoms with Crippen LogP contribution in [0.5, 0.6) is 5.75 Å². The van der Waals surface area contributed by atoms with Crippen molar-refractivity contribution in [3.63, 3.8) is 0 Å². The van der Waals surface area contributed by atoms with Crippen LogP contribution in [0.3, 0.4) is 0 Å². The number of hydrogen-bond donors (Lipinski definition) is 2. The lowest BCUT2D eigenvalue weighted by Gasteiger charge is -2.01. The van der Waals surface area contributed by atoms with Gasteiger partial charge in [0.2, 0.25) is 0 Å². The van der Waals surface area contributed by atoms with Crippen LogP contribution in [0.1, 0.15) is 5.56 Å². The van der Waals surface area contributed by atoms with Crippen molar-refractivity contribution in [2.45, 2.75) is 0 Å². The predicted octanol–water partition coefficient (Wildman–Crippen LogP) is 0.933. The van der Waals surface area contributed by atoms with E-state index in [0.717, 1.165) is 0 Å². The van der Waals surface area contributed by atoms with Gasteiger partial charge in [-0.1, -0.05) is 0 Å². The van der Waals surface area contributed by atoms with Gasteiger partial charge in [0.25, 0.3) is 0 Å². The number of ether oxygens (including phenoxy) is 1. The molecule has 0 aromatic heterocycles. The lowest BCUT2D eigenvalue weighted by atomic mass is 10.1. The molecule has 0 unspecified atom stereocenters. The summed E-state index contributed by atoms with van der Waals surface area (Å²) in [5, 5.41) is 16.3. The molecule has 0 aliphatic heterocycles. The maximum absolute atomic E-state index is 10.9. The van der Waals surface area contributed by atoms with Crippen molar-refractivity contribution >= 4 is 11.7 Å². The summed E-state index contributed by atoms with van der Waals surface area (Å²) >= 11 is 0. The molecule has 1 aromatic carbocycles. The Bertz CT molecular complexity index is 329. The minimum Gasteiger partial charge on any atom is -0.508 e. The monoisotopic (exact) mass is 179 g/mol. The quantitative estimate of drug-likeness (QED) is 0.524. The van der Waals surface area contributed by atoms with Crippen molar-refractivity contribution in [2.24, 2.45) is 0 Å². The van der Waals surface area contributed by atoms with E-state index in [1.807, 2.05) is 0 Å². The van der Waals surface area contributed by atoms with Crippen molar-refractivity contribution in [1.29, 1.82) is 5.41 Å². The molecule has 0 bridgehead atoms. The first-order chi connectivity index (χ1) is 6.15. The number of hydrogen-bond acceptors (Lipinski definition) is 4. The molecule has 0 heterocycles. The number of nitrogens with one attached hydrogen (secondary N) is 1. The Hall–Kier alpha value is -1.84. The first kappa shape index (κ1) is 9.25. The van der Waals surface area contributed by atoms with Crippen LogP contribution in [0.25, 0.3) is 0 Å². The van der Waals surface area contributed by atoms with E-state index in [-0.39, 0.29) is 11.5 Å². The van der Waals surface area contributed by atoms with E-state index in [0.29, 0.717) is 5.56 Å². The molecule has 2 N–H and O–H groups in total. The van der Waals surface area contributed by atoms with Crippen LogP contribution >= 0.6 is 0 Å². The number of phenols is 1. The average Bonchev–Trinajstić information content (AvgIpc) is 2.17. The SMILES string of the molecule is COC(=O)C(=N)c1ccc(O)cc1. The van der Waals surface area contributed by atoms with Gasteiger partial charge >= 0.3 is 5.97 Å². The Morgan fingerprint density at radius 3 is 2.38 bits per heavy atom. The standard InChI is InChI=1S/C9H9NO3/c1-13-9(12)8(10)6-2-4-7(11)5-3-6/h2-5,10-11H,1H3. The van der Waals surface area contributed by atoms with Crippen LogP contribution < -0.4 is 0 Å². The zero-order valence-corrected chi connectivity index (χ0v) is 7.07. The molecule has 0 radical (unpaired) electrons. The second-order valence-corrected chi connectivity index (χ2v) is 2.41. The minimum absolute atomic E-state index is 0.0985. The Morgan fingerprint density at radius 1 is 1.38 bits per heavy atom.